The second kappa shape index (κ2) is 4.67. The van der Waals surface area contributed by atoms with E-state index < -0.39 is 0 Å². The van der Waals surface area contributed by atoms with Crippen molar-refractivity contribution in [2.24, 2.45) is 12.8 Å². The maximum absolute atomic E-state index is 6.19. The Bertz CT molecular complexity index is 498. The fourth-order valence-corrected chi connectivity index (χ4v) is 2.00. The lowest BCUT2D eigenvalue weighted by Crippen LogP contribution is -2.17. The standard InChI is InChI=1S/C11H18N6/c1-4-17-11(13-7-14-17)5-10(12)9-6-16(3)15-8(9)2/h6-7,10H,4-5,12H2,1-3H3. The molecule has 2 N–H and O–H groups in total. The molecule has 1 atom stereocenters. The summed E-state index contributed by atoms with van der Waals surface area (Å²) in [5, 5.41) is 8.44. The predicted molar refractivity (Wildman–Crippen MR) is 64.3 cm³/mol. The Morgan fingerprint density at radius 1 is 1.47 bits per heavy atom. The quantitative estimate of drug-likeness (QED) is 0.839. The number of nitrogens with two attached hydrogens (primary N) is 1. The average Bonchev–Trinajstić information content (AvgIpc) is 2.84. The van der Waals surface area contributed by atoms with Gasteiger partial charge in [-0.15, -0.1) is 0 Å². The summed E-state index contributed by atoms with van der Waals surface area (Å²) in [7, 11) is 1.90. The van der Waals surface area contributed by atoms with Gasteiger partial charge in [-0.25, -0.2) is 4.98 Å². The molecule has 2 heterocycles. The SMILES string of the molecule is CCn1ncnc1CC(N)c1cn(C)nc1C. The summed E-state index contributed by atoms with van der Waals surface area (Å²) in [4.78, 5) is 4.23. The van der Waals surface area contributed by atoms with E-state index in [1.807, 2.05) is 31.8 Å². The van der Waals surface area contributed by atoms with E-state index in [9.17, 15) is 0 Å². The average molecular weight is 234 g/mol. The van der Waals surface area contributed by atoms with Crippen molar-refractivity contribution in [3.8, 4) is 0 Å². The highest BCUT2D eigenvalue weighted by Crippen LogP contribution is 2.17. The van der Waals surface area contributed by atoms with Gasteiger partial charge in [0, 0.05) is 37.8 Å². The minimum absolute atomic E-state index is 0.0850. The highest BCUT2D eigenvalue weighted by Gasteiger charge is 2.15. The van der Waals surface area contributed by atoms with Crippen LogP contribution in [0, 0.1) is 6.92 Å². The number of nitrogens with zero attached hydrogens (tertiary/aromatic N) is 5. The van der Waals surface area contributed by atoms with Crippen LogP contribution < -0.4 is 5.73 Å². The van der Waals surface area contributed by atoms with Crippen LogP contribution in [0.2, 0.25) is 0 Å². The largest absolute Gasteiger partial charge is 0.323 e. The molecule has 1 unspecified atom stereocenters. The molecule has 6 nitrogen and oxygen atoms in total. The zero-order valence-corrected chi connectivity index (χ0v) is 10.5. The second-order valence-electron chi connectivity index (χ2n) is 4.15. The Hall–Kier alpha value is -1.69. The first-order chi connectivity index (χ1) is 8.11. The smallest absolute Gasteiger partial charge is 0.138 e. The Labute approximate surface area is 100 Å². The Balaban J connectivity index is 2.17. The molecule has 0 aliphatic carbocycles. The van der Waals surface area contributed by atoms with Gasteiger partial charge >= 0.3 is 0 Å². The van der Waals surface area contributed by atoms with Crippen LogP contribution in [0.1, 0.15) is 30.0 Å². The summed E-state index contributed by atoms with van der Waals surface area (Å²) in [6, 6.07) is -0.0850. The third-order valence-electron chi connectivity index (χ3n) is 2.85. The van der Waals surface area contributed by atoms with Crippen LogP contribution in [0.5, 0.6) is 0 Å². The fourth-order valence-electron chi connectivity index (χ4n) is 2.00. The molecule has 17 heavy (non-hydrogen) atoms. The van der Waals surface area contributed by atoms with Crippen molar-refractivity contribution in [1.29, 1.82) is 0 Å². The van der Waals surface area contributed by atoms with Crippen LogP contribution in [-0.4, -0.2) is 24.5 Å². The number of aryl methyl sites for hydroxylation is 3. The summed E-state index contributed by atoms with van der Waals surface area (Å²) < 4.78 is 3.65. The number of rotatable bonds is 4. The van der Waals surface area contributed by atoms with E-state index in [-0.39, 0.29) is 6.04 Å². The Morgan fingerprint density at radius 2 is 2.24 bits per heavy atom. The molecular formula is C11H18N6. The molecule has 2 rings (SSSR count). The summed E-state index contributed by atoms with van der Waals surface area (Å²) in [5.41, 5.74) is 8.23. The van der Waals surface area contributed by atoms with E-state index in [2.05, 4.69) is 15.2 Å². The topological polar surface area (TPSA) is 74.6 Å². The molecule has 0 spiro atoms. The van der Waals surface area contributed by atoms with Crippen molar-refractivity contribution in [2.45, 2.75) is 32.9 Å². The van der Waals surface area contributed by atoms with E-state index in [1.165, 1.54) is 0 Å². The maximum Gasteiger partial charge on any atom is 0.138 e. The van der Waals surface area contributed by atoms with Gasteiger partial charge in [0.15, 0.2) is 0 Å². The first-order valence-electron chi connectivity index (χ1n) is 5.74. The molecule has 2 aromatic heterocycles. The van der Waals surface area contributed by atoms with Gasteiger partial charge in [-0.05, 0) is 13.8 Å². The van der Waals surface area contributed by atoms with E-state index in [1.54, 1.807) is 11.0 Å². The van der Waals surface area contributed by atoms with Gasteiger partial charge in [-0.2, -0.15) is 10.2 Å². The molecule has 2 aromatic rings. The molecule has 0 fully saturated rings. The zero-order valence-electron chi connectivity index (χ0n) is 10.5. The lowest BCUT2D eigenvalue weighted by atomic mass is 10.1. The van der Waals surface area contributed by atoms with Crippen LogP contribution in [0.4, 0.5) is 0 Å². The van der Waals surface area contributed by atoms with Gasteiger partial charge in [0.25, 0.3) is 0 Å². The molecule has 6 heteroatoms. The monoisotopic (exact) mass is 234 g/mol. The van der Waals surface area contributed by atoms with Gasteiger partial charge in [-0.3, -0.25) is 9.36 Å². The number of aromatic nitrogens is 5. The van der Waals surface area contributed by atoms with Crippen LogP contribution >= 0.6 is 0 Å². The molecule has 0 saturated carbocycles. The maximum atomic E-state index is 6.19. The highest BCUT2D eigenvalue weighted by molar-refractivity contribution is 5.20. The third-order valence-corrected chi connectivity index (χ3v) is 2.85. The van der Waals surface area contributed by atoms with E-state index in [4.69, 9.17) is 5.73 Å². The van der Waals surface area contributed by atoms with Crippen LogP contribution in [0.25, 0.3) is 0 Å². The predicted octanol–water partition coefficient (Wildman–Crippen LogP) is 0.582. The molecule has 0 saturated heterocycles. The van der Waals surface area contributed by atoms with Gasteiger partial charge in [-0.1, -0.05) is 0 Å². The number of hydrogen-bond donors (Lipinski definition) is 1. The summed E-state index contributed by atoms with van der Waals surface area (Å²) >= 11 is 0. The van der Waals surface area contributed by atoms with Gasteiger partial charge in [0.1, 0.15) is 12.2 Å². The van der Waals surface area contributed by atoms with Crippen LogP contribution in [-0.2, 0) is 20.0 Å². The molecule has 0 amide bonds. The summed E-state index contributed by atoms with van der Waals surface area (Å²) in [6.45, 7) is 4.83. The lowest BCUT2D eigenvalue weighted by Gasteiger charge is -2.10. The molecule has 92 valence electrons. The Kier molecular flexibility index (Phi) is 3.23. The third kappa shape index (κ3) is 2.36. The van der Waals surface area contributed by atoms with Crippen LogP contribution in [0.3, 0.4) is 0 Å². The van der Waals surface area contributed by atoms with Crippen molar-refractivity contribution < 1.29 is 0 Å². The van der Waals surface area contributed by atoms with Crippen molar-refractivity contribution in [2.75, 3.05) is 0 Å². The van der Waals surface area contributed by atoms with Crippen molar-refractivity contribution in [3.05, 3.63) is 29.6 Å². The fraction of sp³-hybridized carbons (Fsp3) is 0.545. The lowest BCUT2D eigenvalue weighted by molar-refractivity contribution is 0.580. The van der Waals surface area contributed by atoms with Gasteiger partial charge < -0.3 is 5.73 Å². The van der Waals surface area contributed by atoms with Crippen molar-refractivity contribution in [3.63, 3.8) is 0 Å². The second-order valence-corrected chi connectivity index (χ2v) is 4.15. The minimum atomic E-state index is -0.0850. The summed E-state index contributed by atoms with van der Waals surface area (Å²) in [6.07, 6.45) is 4.22. The van der Waals surface area contributed by atoms with Gasteiger partial charge in [0.2, 0.25) is 0 Å². The number of hydrogen-bond acceptors (Lipinski definition) is 4. The molecule has 0 bridgehead atoms. The van der Waals surface area contributed by atoms with E-state index in [0.29, 0.717) is 6.42 Å². The first kappa shape index (κ1) is 11.8. The molecule has 0 aliphatic rings. The molecule has 0 aliphatic heterocycles. The molecule has 0 aromatic carbocycles. The van der Waals surface area contributed by atoms with Gasteiger partial charge in [0.05, 0.1) is 5.69 Å². The highest BCUT2D eigenvalue weighted by atomic mass is 15.3. The summed E-state index contributed by atoms with van der Waals surface area (Å²) in [5.74, 6) is 0.920. The van der Waals surface area contributed by atoms with Crippen LogP contribution in [0.15, 0.2) is 12.5 Å². The van der Waals surface area contributed by atoms with E-state index in [0.717, 1.165) is 23.6 Å². The van der Waals surface area contributed by atoms with E-state index >= 15 is 0 Å². The normalized spacial score (nSPS) is 12.9. The Morgan fingerprint density at radius 3 is 2.82 bits per heavy atom. The molecular weight excluding hydrogens is 216 g/mol. The van der Waals surface area contributed by atoms with Crippen molar-refractivity contribution in [1.82, 2.24) is 24.5 Å². The minimum Gasteiger partial charge on any atom is -0.323 e. The zero-order chi connectivity index (χ0) is 12.4. The molecule has 0 radical (unpaired) electrons. The first-order valence-corrected chi connectivity index (χ1v) is 5.74. The van der Waals surface area contributed by atoms with Crippen molar-refractivity contribution >= 4 is 0 Å².